The van der Waals surface area contributed by atoms with Crippen LogP contribution < -0.4 is 9.47 Å². The summed E-state index contributed by atoms with van der Waals surface area (Å²) in [6.45, 7) is 1.90. The number of nitroso groups, excluding NO2 is 1. The number of methoxy groups -OCH3 is 2. The highest BCUT2D eigenvalue weighted by atomic mass is 16.5. The molecule has 0 saturated heterocycles. The molecule has 3 aromatic rings. The number of ether oxygens (including phenoxy) is 2. The first-order valence-corrected chi connectivity index (χ1v) is 6.73. The zero-order chi connectivity index (χ0) is 15.7. The van der Waals surface area contributed by atoms with Gasteiger partial charge in [0.05, 0.1) is 14.2 Å². The van der Waals surface area contributed by atoms with Gasteiger partial charge < -0.3 is 9.47 Å². The van der Waals surface area contributed by atoms with Crippen molar-refractivity contribution in [1.82, 2.24) is 9.38 Å². The molecule has 2 aromatic heterocycles. The first-order valence-electron chi connectivity index (χ1n) is 6.73. The number of aromatic nitrogens is 2. The van der Waals surface area contributed by atoms with Gasteiger partial charge in [-0.1, -0.05) is 6.07 Å². The van der Waals surface area contributed by atoms with Crippen molar-refractivity contribution in [3.05, 3.63) is 47.0 Å². The van der Waals surface area contributed by atoms with Gasteiger partial charge in [-0.05, 0) is 36.4 Å². The molecule has 0 saturated carbocycles. The van der Waals surface area contributed by atoms with Crippen LogP contribution in [-0.2, 0) is 0 Å². The second kappa shape index (κ2) is 5.48. The van der Waals surface area contributed by atoms with Crippen LogP contribution in [0.1, 0.15) is 5.69 Å². The predicted octanol–water partition coefficient (Wildman–Crippen LogP) is 3.72. The minimum Gasteiger partial charge on any atom is -0.497 e. The SMILES string of the molecule is COc1ccc(-c2nc3cccc(C)n3c2N=O)c(OC)c1. The van der Waals surface area contributed by atoms with Gasteiger partial charge >= 0.3 is 0 Å². The number of aryl methyl sites for hydroxylation is 1. The minimum atomic E-state index is 0.261. The highest BCUT2D eigenvalue weighted by molar-refractivity contribution is 5.79. The molecule has 0 radical (unpaired) electrons. The molecular formula is C16H15N3O3. The van der Waals surface area contributed by atoms with E-state index in [-0.39, 0.29) is 5.82 Å². The van der Waals surface area contributed by atoms with E-state index in [0.717, 1.165) is 5.69 Å². The van der Waals surface area contributed by atoms with Crippen LogP contribution in [0.25, 0.3) is 16.9 Å². The van der Waals surface area contributed by atoms with E-state index in [1.807, 2.05) is 31.2 Å². The lowest BCUT2D eigenvalue weighted by Crippen LogP contribution is -1.91. The van der Waals surface area contributed by atoms with Crippen LogP contribution in [0.3, 0.4) is 0 Å². The van der Waals surface area contributed by atoms with E-state index < -0.39 is 0 Å². The maximum atomic E-state index is 11.4. The summed E-state index contributed by atoms with van der Waals surface area (Å²) in [4.78, 5) is 15.9. The maximum Gasteiger partial charge on any atom is 0.210 e. The molecule has 0 amide bonds. The van der Waals surface area contributed by atoms with E-state index in [1.54, 1.807) is 30.8 Å². The Morgan fingerprint density at radius 2 is 1.95 bits per heavy atom. The van der Waals surface area contributed by atoms with E-state index in [1.165, 1.54) is 0 Å². The first kappa shape index (κ1) is 14.1. The molecule has 0 aliphatic carbocycles. The fourth-order valence-electron chi connectivity index (χ4n) is 2.50. The Labute approximate surface area is 127 Å². The van der Waals surface area contributed by atoms with Crippen LogP contribution >= 0.6 is 0 Å². The van der Waals surface area contributed by atoms with E-state index in [0.29, 0.717) is 28.4 Å². The Bertz CT molecular complexity index is 855. The van der Waals surface area contributed by atoms with Gasteiger partial charge in [0.2, 0.25) is 5.82 Å². The number of hydrogen-bond donors (Lipinski definition) is 0. The molecular weight excluding hydrogens is 282 g/mol. The Balaban J connectivity index is 2.31. The molecule has 3 rings (SSSR count). The van der Waals surface area contributed by atoms with Crippen molar-refractivity contribution in [2.75, 3.05) is 14.2 Å². The highest BCUT2D eigenvalue weighted by Gasteiger charge is 2.19. The van der Waals surface area contributed by atoms with E-state index in [2.05, 4.69) is 10.2 Å². The summed E-state index contributed by atoms with van der Waals surface area (Å²) >= 11 is 0. The Hall–Kier alpha value is -2.89. The third-order valence-electron chi connectivity index (χ3n) is 3.56. The predicted molar refractivity (Wildman–Crippen MR) is 83.9 cm³/mol. The second-order valence-electron chi connectivity index (χ2n) is 4.80. The smallest absolute Gasteiger partial charge is 0.210 e. The van der Waals surface area contributed by atoms with Gasteiger partial charge in [0.15, 0.2) is 0 Å². The minimum absolute atomic E-state index is 0.261. The van der Waals surface area contributed by atoms with Gasteiger partial charge in [-0.2, -0.15) is 0 Å². The largest absolute Gasteiger partial charge is 0.497 e. The van der Waals surface area contributed by atoms with Crippen molar-refractivity contribution >= 4 is 11.5 Å². The number of imidazole rings is 1. The summed E-state index contributed by atoms with van der Waals surface area (Å²) < 4.78 is 12.3. The second-order valence-corrected chi connectivity index (χ2v) is 4.80. The van der Waals surface area contributed by atoms with E-state index >= 15 is 0 Å². The number of nitrogens with zero attached hydrogens (tertiary/aromatic N) is 3. The molecule has 0 unspecified atom stereocenters. The number of fused-ring (bicyclic) bond motifs is 1. The van der Waals surface area contributed by atoms with Crippen molar-refractivity contribution in [2.45, 2.75) is 6.92 Å². The summed E-state index contributed by atoms with van der Waals surface area (Å²) in [6, 6.07) is 11.0. The van der Waals surface area contributed by atoms with Gasteiger partial charge in [0.25, 0.3) is 0 Å². The normalized spacial score (nSPS) is 10.7. The molecule has 0 N–H and O–H groups in total. The Kier molecular flexibility index (Phi) is 3.50. The summed E-state index contributed by atoms with van der Waals surface area (Å²) in [6.07, 6.45) is 0. The van der Waals surface area contributed by atoms with Gasteiger partial charge in [-0.15, -0.1) is 4.91 Å². The van der Waals surface area contributed by atoms with Crippen LogP contribution in [0.4, 0.5) is 5.82 Å². The zero-order valence-corrected chi connectivity index (χ0v) is 12.5. The van der Waals surface area contributed by atoms with Crippen molar-refractivity contribution in [2.24, 2.45) is 5.18 Å². The van der Waals surface area contributed by atoms with Crippen LogP contribution in [0.2, 0.25) is 0 Å². The van der Waals surface area contributed by atoms with Crippen molar-refractivity contribution in [3.8, 4) is 22.8 Å². The molecule has 0 aliphatic rings. The molecule has 22 heavy (non-hydrogen) atoms. The number of rotatable bonds is 4. The number of pyridine rings is 1. The summed E-state index contributed by atoms with van der Waals surface area (Å²) in [5.74, 6) is 1.50. The highest BCUT2D eigenvalue weighted by Crippen LogP contribution is 2.38. The Morgan fingerprint density at radius 1 is 1.14 bits per heavy atom. The maximum absolute atomic E-state index is 11.4. The molecule has 6 nitrogen and oxygen atoms in total. The lowest BCUT2D eigenvalue weighted by molar-refractivity contribution is 0.395. The molecule has 0 spiro atoms. The molecule has 1 aromatic carbocycles. The molecule has 0 atom stereocenters. The standard InChI is InChI=1S/C16H15N3O3/c1-10-5-4-6-14-17-15(16(18-20)19(10)14)12-8-7-11(21-2)9-13(12)22-3/h4-9H,1-3H3. The molecule has 2 heterocycles. The van der Waals surface area contributed by atoms with Crippen molar-refractivity contribution in [3.63, 3.8) is 0 Å². The average molecular weight is 297 g/mol. The zero-order valence-electron chi connectivity index (χ0n) is 12.5. The monoisotopic (exact) mass is 297 g/mol. The third-order valence-corrected chi connectivity index (χ3v) is 3.56. The van der Waals surface area contributed by atoms with Gasteiger partial charge in [-0.25, -0.2) is 4.98 Å². The fraction of sp³-hybridized carbons (Fsp3) is 0.188. The number of benzene rings is 1. The Morgan fingerprint density at radius 3 is 2.64 bits per heavy atom. The van der Waals surface area contributed by atoms with E-state index in [9.17, 15) is 4.91 Å². The van der Waals surface area contributed by atoms with Crippen molar-refractivity contribution in [1.29, 1.82) is 0 Å². The number of hydrogen-bond acceptors (Lipinski definition) is 5. The average Bonchev–Trinajstić information content (AvgIpc) is 2.93. The fourth-order valence-corrected chi connectivity index (χ4v) is 2.50. The molecule has 112 valence electrons. The summed E-state index contributed by atoms with van der Waals surface area (Å²) in [5.41, 5.74) is 2.74. The quantitative estimate of drug-likeness (QED) is 0.688. The van der Waals surface area contributed by atoms with E-state index in [4.69, 9.17) is 9.47 Å². The van der Waals surface area contributed by atoms with Crippen LogP contribution in [0.15, 0.2) is 41.6 Å². The lowest BCUT2D eigenvalue weighted by Gasteiger charge is -2.08. The molecule has 6 heteroatoms. The van der Waals surface area contributed by atoms with Crippen LogP contribution in [0.5, 0.6) is 11.5 Å². The van der Waals surface area contributed by atoms with Crippen LogP contribution in [-0.4, -0.2) is 23.6 Å². The lowest BCUT2D eigenvalue weighted by atomic mass is 10.1. The molecule has 0 aliphatic heterocycles. The van der Waals surface area contributed by atoms with Crippen molar-refractivity contribution < 1.29 is 9.47 Å². The van der Waals surface area contributed by atoms with Gasteiger partial charge in [0.1, 0.15) is 22.8 Å². The summed E-state index contributed by atoms with van der Waals surface area (Å²) in [7, 11) is 3.15. The topological polar surface area (TPSA) is 65.2 Å². The van der Waals surface area contributed by atoms with Gasteiger partial charge in [-0.3, -0.25) is 4.40 Å². The van der Waals surface area contributed by atoms with Gasteiger partial charge in [0, 0.05) is 17.3 Å². The molecule has 0 bridgehead atoms. The first-order chi connectivity index (χ1) is 10.7. The van der Waals surface area contributed by atoms with Crippen LogP contribution in [0, 0.1) is 11.8 Å². The summed E-state index contributed by atoms with van der Waals surface area (Å²) in [5, 5.41) is 3.18. The third kappa shape index (κ3) is 2.09. The molecule has 0 fully saturated rings.